The Bertz CT molecular complexity index is 449. The molecule has 1 rings (SSSR count). The molecule has 1 N–H and O–H groups in total. The first-order valence-electron chi connectivity index (χ1n) is 4.07. The molecular formula is C10H7ClN2O2. The van der Waals surface area contributed by atoms with Gasteiger partial charge in [0.2, 0.25) is 0 Å². The maximum atomic E-state index is 10.2. The van der Waals surface area contributed by atoms with E-state index in [0.717, 1.165) is 0 Å². The van der Waals surface area contributed by atoms with E-state index in [0.29, 0.717) is 11.1 Å². The fourth-order valence-corrected chi connectivity index (χ4v) is 1.10. The van der Waals surface area contributed by atoms with Crippen molar-refractivity contribution in [1.82, 2.24) is 4.98 Å². The molecule has 0 aliphatic heterocycles. The van der Waals surface area contributed by atoms with Gasteiger partial charge in [-0.05, 0) is 6.07 Å². The molecule has 0 amide bonds. The van der Waals surface area contributed by atoms with Crippen molar-refractivity contribution in [2.45, 2.75) is 6.42 Å². The van der Waals surface area contributed by atoms with Gasteiger partial charge in [-0.3, -0.25) is 4.79 Å². The first-order valence-corrected chi connectivity index (χ1v) is 4.45. The number of rotatable bonds is 3. The second-order valence-electron chi connectivity index (χ2n) is 2.72. The molecule has 0 radical (unpaired) electrons. The molecule has 5 heteroatoms. The molecule has 1 heterocycles. The Hall–Kier alpha value is -1.86. The standard InChI is InChI=1S/C10H7ClN2O2/c11-10-8(2-1-3-9(14)15)4-7(5-12)6-13-10/h1-2,4,6H,3H2,(H,14,15). The quantitative estimate of drug-likeness (QED) is 0.795. The van der Waals surface area contributed by atoms with Crippen LogP contribution in [0.1, 0.15) is 17.5 Å². The minimum atomic E-state index is -0.924. The number of carbonyl (C=O) groups is 1. The van der Waals surface area contributed by atoms with Gasteiger partial charge < -0.3 is 5.11 Å². The minimum absolute atomic E-state index is 0.0902. The smallest absolute Gasteiger partial charge is 0.307 e. The summed E-state index contributed by atoms with van der Waals surface area (Å²) in [7, 11) is 0. The predicted molar refractivity (Wildman–Crippen MR) is 55.2 cm³/mol. The number of carboxylic acid groups (broad SMARTS) is 1. The highest BCUT2D eigenvalue weighted by molar-refractivity contribution is 6.30. The Balaban J connectivity index is 2.89. The van der Waals surface area contributed by atoms with Crippen LogP contribution in [-0.4, -0.2) is 16.1 Å². The summed E-state index contributed by atoms with van der Waals surface area (Å²) in [5.41, 5.74) is 0.923. The average Bonchev–Trinajstić information content (AvgIpc) is 2.20. The number of halogens is 1. The van der Waals surface area contributed by atoms with E-state index in [2.05, 4.69) is 4.98 Å². The van der Waals surface area contributed by atoms with Crippen molar-refractivity contribution < 1.29 is 9.90 Å². The zero-order chi connectivity index (χ0) is 11.3. The Morgan fingerprint density at radius 3 is 3.07 bits per heavy atom. The van der Waals surface area contributed by atoms with Crippen LogP contribution in [0.5, 0.6) is 0 Å². The number of hydrogen-bond donors (Lipinski definition) is 1. The number of hydrogen-bond acceptors (Lipinski definition) is 3. The predicted octanol–water partition coefficient (Wildman–Crippen LogP) is 2.09. The summed E-state index contributed by atoms with van der Waals surface area (Å²) in [5.74, 6) is -0.924. The summed E-state index contributed by atoms with van der Waals surface area (Å²) in [5, 5.41) is 17.3. The molecule has 1 aromatic rings. The van der Waals surface area contributed by atoms with Crippen molar-refractivity contribution in [3.8, 4) is 6.07 Å². The monoisotopic (exact) mass is 222 g/mol. The lowest BCUT2D eigenvalue weighted by molar-refractivity contribution is -0.135. The Labute approximate surface area is 91.4 Å². The normalized spacial score (nSPS) is 10.1. The second kappa shape index (κ2) is 5.13. The zero-order valence-electron chi connectivity index (χ0n) is 7.64. The van der Waals surface area contributed by atoms with Gasteiger partial charge in [0.25, 0.3) is 0 Å². The molecule has 4 nitrogen and oxygen atoms in total. The van der Waals surface area contributed by atoms with Crippen molar-refractivity contribution >= 4 is 23.6 Å². The largest absolute Gasteiger partial charge is 0.481 e. The van der Waals surface area contributed by atoms with Crippen molar-refractivity contribution in [2.24, 2.45) is 0 Å². The van der Waals surface area contributed by atoms with Crippen LogP contribution in [0.2, 0.25) is 5.15 Å². The van der Waals surface area contributed by atoms with Crippen molar-refractivity contribution in [3.63, 3.8) is 0 Å². The van der Waals surface area contributed by atoms with Crippen LogP contribution in [0.25, 0.3) is 6.08 Å². The van der Waals surface area contributed by atoms with Crippen molar-refractivity contribution in [3.05, 3.63) is 34.6 Å². The van der Waals surface area contributed by atoms with E-state index >= 15 is 0 Å². The van der Waals surface area contributed by atoms with E-state index in [1.165, 1.54) is 18.3 Å². The maximum absolute atomic E-state index is 10.2. The highest BCUT2D eigenvalue weighted by atomic mass is 35.5. The van der Waals surface area contributed by atoms with Gasteiger partial charge in [0.1, 0.15) is 11.2 Å². The van der Waals surface area contributed by atoms with Crippen LogP contribution in [0, 0.1) is 11.3 Å². The third-order valence-corrected chi connectivity index (χ3v) is 1.90. The highest BCUT2D eigenvalue weighted by Crippen LogP contribution is 2.15. The molecule has 0 aromatic carbocycles. The van der Waals surface area contributed by atoms with Gasteiger partial charge in [-0.2, -0.15) is 5.26 Å². The van der Waals surface area contributed by atoms with Gasteiger partial charge in [-0.1, -0.05) is 23.8 Å². The topological polar surface area (TPSA) is 74.0 Å². The average molecular weight is 223 g/mol. The molecule has 0 bridgehead atoms. The Morgan fingerprint density at radius 1 is 1.73 bits per heavy atom. The van der Waals surface area contributed by atoms with Gasteiger partial charge in [0.15, 0.2) is 0 Å². The number of carboxylic acids is 1. The molecule has 0 fully saturated rings. The number of aromatic nitrogens is 1. The summed E-state index contributed by atoms with van der Waals surface area (Å²) < 4.78 is 0. The number of pyridine rings is 1. The lowest BCUT2D eigenvalue weighted by Crippen LogP contribution is -1.90. The maximum Gasteiger partial charge on any atom is 0.307 e. The molecule has 0 saturated carbocycles. The van der Waals surface area contributed by atoms with Crippen LogP contribution in [0.3, 0.4) is 0 Å². The summed E-state index contributed by atoms with van der Waals surface area (Å²) in [4.78, 5) is 14.0. The molecule has 0 aliphatic carbocycles. The third kappa shape index (κ3) is 3.41. The highest BCUT2D eigenvalue weighted by Gasteiger charge is 2.00. The first kappa shape index (κ1) is 11.2. The lowest BCUT2D eigenvalue weighted by atomic mass is 10.2. The molecule has 76 valence electrons. The van der Waals surface area contributed by atoms with E-state index in [-0.39, 0.29) is 11.6 Å². The van der Waals surface area contributed by atoms with Crippen molar-refractivity contribution in [1.29, 1.82) is 5.26 Å². The third-order valence-electron chi connectivity index (χ3n) is 1.59. The number of nitrogens with zero attached hydrogens (tertiary/aromatic N) is 2. The van der Waals surface area contributed by atoms with Crippen LogP contribution in [0.15, 0.2) is 18.3 Å². The SMILES string of the molecule is N#Cc1cnc(Cl)c(C=CCC(=O)O)c1. The zero-order valence-corrected chi connectivity index (χ0v) is 8.40. The van der Waals surface area contributed by atoms with E-state index in [1.807, 2.05) is 6.07 Å². The summed E-state index contributed by atoms with van der Waals surface area (Å²) >= 11 is 5.75. The summed E-state index contributed by atoms with van der Waals surface area (Å²) in [6.07, 6.45) is 4.25. The first-order chi connectivity index (χ1) is 7.13. The van der Waals surface area contributed by atoms with Gasteiger partial charge in [0.05, 0.1) is 12.0 Å². The summed E-state index contributed by atoms with van der Waals surface area (Å²) in [6.45, 7) is 0. The van der Waals surface area contributed by atoms with Crippen LogP contribution >= 0.6 is 11.6 Å². The Kier molecular flexibility index (Phi) is 3.83. The minimum Gasteiger partial charge on any atom is -0.481 e. The summed E-state index contributed by atoms with van der Waals surface area (Å²) in [6, 6.07) is 3.47. The van der Waals surface area contributed by atoms with Gasteiger partial charge in [0, 0.05) is 11.8 Å². The van der Waals surface area contributed by atoms with Crippen molar-refractivity contribution in [2.75, 3.05) is 0 Å². The molecule has 0 unspecified atom stereocenters. The van der Waals surface area contributed by atoms with Gasteiger partial charge in [-0.15, -0.1) is 0 Å². The van der Waals surface area contributed by atoms with Crippen LogP contribution < -0.4 is 0 Å². The number of aliphatic carboxylic acids is 1. The Morgan fingerprint density at radius 2 is 2.47 bits per heavy atom. The van der Waals surface area contributed by atoms with E-state index in [1.54, 1.807) is 6.07 Å². The number of nitriles is 1. The van der Waals surface area contributed by atoms with Gasteiger partial charge >= 0.3 is 5.97 Å². The fourth-order valence-electron chi connectivity index (χ4n) is 0.930. The molecular weight excluding hydrogens is 216 g/mol. The molecule has 0 saturated heterocycles. The van der Waals surface area contributed by atoms with Crippen LogP contribution in [0.4, 0.5) is 0 Å². The molecule has 0 aliphatic rings. The molecule has 0 atom stereocenters. The second-order valence-corrected chi connectivity index (χ2v) is 3.07. The molecule has 1 aromatic heterocycles. The lowest BCUT2D eigenvalue weighted by Gasteiger charge is -1.96. The molecule has 15 heavy (non-hydrogen) atoms. The van der Waals surface area contributed by atoms with E-state index in [9.17, 15) is 4.79 Å². The fraction of sp³-hybridized carbons (Fsp3) is 0.100. The van der Waals surface area contributed by atoms with E-state index in [4.69, 9.17) is 22.0 Å². The van der Waals surface area contributed by atoms with E-state index < -0.39 is 5.97 Å². The van der Waals surface area contributed by atoms with Crippen LogP contribution in [-0.2, 0) is 4.79 Å². The molecule has 0 spiro atoms. The van der Waals surface area contributed by atoms with Gasteiger partial charge in [-0.25, -0.2) is 4.98 Å².